The van der Waals surface area contributed by atoms with Crippen LogP contribution < -0.4 is 10.6 Å². The molecule has 0 unspecified atom stereocenters. The summed E-state index contributed by atoms with van der Waals surface area (Å²) >= 11 is 6.16. The summed E-state index contributed by atoms with van der Waals surface area (Å²) in [5, 5.41) is 5.82. The molecule has 24 heavy (non-hydrogen) atoms. The van der Waals surface area contributed by atoms with Crippen LogP contribution in [0.3, 0.4) is 0 Å². The lowest BCUT2D eigenvalue weighted by atomic mass is 10.2. The van der Waals surface area contributed by atoms with Crippen molar-refractivity contribution < 1.29 is 9.59 Å². The van der Waals surface area contributed by atoms with E-state index < -0.39 is 0 Å². The Bertz CT molecular complexity index is 932. The molecule has 0 saturated heterocycles. The quantitative estimate of drug-likeness (QED) is 0.676. The smallest absolute Gasteiger partial charge is 0.221 e. The molecule has 2 aromatic carbocycles. The summed E-state index contributed by atoms with van der Waals surface area (Å²) in [5.74, 6) is 0.367. The molecule has 6 nitrogen and oxygen atoms in total. The molecule has 0 aliphatic carbocycles. The molecule has 1 heterocycles. The van der Waals surface area contributed by atoms with Gasteiger partial charge in [-0.05, 0) is 36.4 Å². The van der Waals surface area contributed by atoms with Gasteiger partial charge >= 0.3 is 0 Å². The van der Waals surface area contributed by atoms with Crippen LogP contribution in [0.5, 0.6) is 0 Å². The van der Waals surface area contributed by atoms with Gasteiger partial charge in [-0.2, -0.15) is 0 Å². The molecule has 0 spiro atoms. The van der Waals surface area contributed by atoms with Crippen molar-refractivity contribution in [3.63, 3.8) is 0 Å². The average Bonchev–Trinajstić information content (AvgIpc) is 2.90. The number of aromatic nitrogens is 2. The second-order valence-electron chi connectivity index (χ2n) is 5.37. The van der Waals surface area contributed by atoms with E-state index in [9.17, 15) is 9.59 Å². The van der Waals surface area contributed by atoms with Crippen molar-refractivity contribution in [2.24, 2.45) is 0 Å². The maximum Gasteiger partial charge on any atom is 0.221 e. The Kier molecular flexibility index (Phi) is 4.22. The van der Waals surface area contributed by atoms with Crippen LogP contribution in [0.25, 0.3) is 22.4 Å². The molecule has 3 aromatic rings. The molecule has 0 aliphatic heterocycles. The molecule has 0 fully saturated rings. The van der Waals surface area contributed by atoms with Gasteiger partial charge in [-0.15, -0.1) is 0 Å². The molecule has 122 valence electrons. The number of amides is 2. The largest absolute Gasteiger partial charge is 0.338 e. The van der Waals surface area contributed by atoms with Crippen molar-refractivity contribution >= 4 is 45.8 Å². The maximum atomic E-state index is 11.2. The summed E-state index contributed by atoms with van der Waals surface area (Å²) in [6, 6.07) is 10.8. The van der Waals surface area contributed by atoms with Gasteiger partial charge in [0, 0.05) is 25.1 Å². The Hall–Kier alpha value is -2.86. The molecule has 3 rings (SSSR count). The SMILES string of the molecule is CC(=O)Nc1ccc(-c2nc3cc(Cl)c(NC(C)=O)cc3[nH]2)cc1. The Morgan fingerprint density at radius 1 is 1.04 bits per heavy atom. The highest BCUT2D eigenvalue weighted by atomic mass is 35.5. The number of imidazole rings is 1. The van der Waals surface area contributed by atoms with E-state index in [2.05, 4.69) is 20.6 Å². The predicted molar refractivity (Wildman–Crippen MR) is 95.1 cm³/mol. The number of hydrogen-bond donors (Lipinski definition) is 3. The zero-order valence-corrected chi connectivity index (χ0v) is 13.9. The number of carbonyl (C=O) groups is 2. The van der Waals surface area contributed by atoms with Gasteiger partial charge in [-0.3, -0.25) is 9.59 Å². The van der Waals surface area contributed by atoms with Crippen molar-refractivity contribution in [2.75, 3.05) is 10.6 Å². The summed E-state index contributed by atoms with van der Waals surface area (Å²) < 4.78 is 0. The molecule has 1 aromatic heterocycles. The normalized spacial score (nSPS) is 10.6. The molecule has 0 atom stereocenters. The summed E-state index contributed by atoms with van der Waals surface area (Å²) in [4.78, 5) is 30.0. The fraction of sp³-hybridized carbons (Fsp3) is 0.118. The van der Waals surface area contributed by atoms with E-state index in [0.29, 0.717) is 22.1 Å². The van der Waals surface area contributed by atoms with Gasteiger partial charge in [0.2, 0.25) is 11.8 Å². The molecular formula is C17H15ClN4O2. The van der Waals surface area contributed by atoms with Crippen LogP contribution in [0.1, 0.15) is 13.8 Å². The number of fused-ring (bicyclic) bond motifs is 1. The van der Waals surface area contributed by atoms with Gasteiger partial charge in [0.1, 0.15) is 5.82 Å². The molecule has 0 bridgehead atoms. The van der Waals surface area contributed by atoms with Crippen molar-refractivity contribution in [2.45, 2.75) is 13.8 Å². The molecule has 0 aliphatic rings. The number of aromatic amines is 1. The summed E-state index contributed by atoms with van der Waals surface area (Å²) in [7, 11) is 0. The first-order valence-corrected chi connectivity index (χ1v) is 7.65. The van der Waals surface area contributed by atoms with E-state index in [1.807, 2.05) is 12.1 Å². The highest BCUT2D eigenvalue weighted by Crippen LogP contribution is 2.29. The van der Waals surface area contributed by atoms with Gasteiger partial charge in [0.25, 0.3) is 0 Å². The topological polar surface area (TPSA) is 86.9 Å². The Morgan fingerprint density at radius 3 is 2.33 bits per heavy atom. The van der Waals surface area contributed by atoms with Crippen molar-refractivity contribution in [1.82, 2.24) is 9.97 Å². The summed E-state index contributed by atoms with van der Waals surface area (Å²) in [6.07, 6.45) is 0. The fourth-order valence-electron chi connectivity index (χ4n) is 2.37. The Balaban J connectivity index is 1.95. The monoisotopic (exact) mass is 342 g/mol. The fourth-order valence-corrected chi connectivity index (χ4v) is 2.57. The van der Waals surface area contributed by atoms with E-state index in [-0.39, 0.29) is 11.8 Å². The molecule has 2 amide bonds. The van der Waals surface area contributed by atoms with Crippen LogP contribution in [0, 0.1) is 0 Å². The van der Waals surface area contributed by atoms with Crippen LogP contribution in [0.15, 0.2) is 36.4 Å². The molecule has 0 radical (unpaired) electrons. The Labute approximate surface area is 143 Å². The predicted octanol–water partition coefficient (Wildman–Crippen LogP) is 3.80. The van der Waals surface area contributed by atoms with E-state index in [1.165, 1.54) is 13.8 Å². The second kappa shape index (κ2) is 6.33. The van der Waals surface area contributed by atoms with Gasteiger partial charge in [-0.1, -0.05) is 11.6 Å². The van der Waals surface area contributed by atoms with E-state index in [4.69, 9.17) is 11.6 Å². The lowest BCUT2D eigenvalue weighted by molar-refractivity contribution is -0.115. The number of benzene rings is 2. The number of H-pyrrole nitrogens is 1. The van der Waals surface area contributed by atoms with Crippen LogP contribution in [0.2, 0.25) is 5.02 Å². The van der Waals surface area contributed by atoms with Crippen LogP contribution >= 0.6 is 11.6 Å². The van der Waals surface area contributed by atoms with Gasteiger partial charge in [0.05, 0.1) is 21.7 Å². The molecule has 0 saturated carbocycles. The summed E-state index contributed by atoms with van der Waals surface area (Å²) in [6.45, 7) is 2.89. The minimum atomic E-state index is -0.190. The number of anilines is 2. The third kappa shape index (κ3) is 3.38. The van der Waals surface area contributed by atoms with Gasteiger partial charge in [-0.25, -0.2) is 4.98 Å². The highest BCUT2D eigenvalue weighted by molar-refractivity contribution is 6.34. The van der Waals surface area contributed by atoms with Crippen molar-refractivity contribution in [1.29, 1.82) is 0 Å². The first kappa shape index (κ1) is 16.0. The maximum absolute atomic E-state index is 11.2. The first-order chi connectivity index (χ1) is 11.4. The van der Waals surface area contributed by atoms with E-state index in [1.54, 1.807) is 24.3 Å². The number of halogens is 1. The lowest BCUT2D eigenvalue weighted by Crippen LogP contribution is -2.06. The number of nitrogens with one attached hydrogen (secondary N) is 3. The third-order valence-corrected chi connectivity index (χ3v) is 3.67. The van der Waals surface area contributed by atoms with Crippen LogP contribution in [-0.2, 0) is 9.59 Å². The minimum absolute atomic E-state index is 0.119. The number of carbonyl (C=O) groups excluding carboxylic acids is 2. The van der Waals surface area contributed by atoms with E-state index in [0.717, 1.165) is 16.8 Å². The van der Waals surface area contributed by atoms with Gasteiger partial charge in [0.15, 0.2) is 0 Å². The number of hydrogen-bond acceptors (Lipinski definition) is 3. The number of nitrogens with zero attached hydrogens (tertiary/aromatic N) is 1. The minimum Gasteiger partial charge on any atom is -0.338 e. The zero-order valence-electron chi connectivity index (χ0n) is 13.1. The summed E-state index contributed by atoms with van der Waals surface area (Å²) in [5.41, 5.74) is 3.60. The van der Waals surface area contributed by atoms with Crippen LogP contribution in [-0.4, -0.2) is 21.8 Å². The van der Waals surface area contributed by atoms with Gasteiger partial charge < -0.3 is 15.6 Å². The number of rotatable bonds is 3. The zero-order chi connectivity index (χ0) is 17.3. The average molecular weight is 343 g/mol. The van der Waals surface area contributed by atoms with Crippen LogP contribution in [0.4, 0.5) is 11.4 Å². The molecule has 7 heteroatoms. The highest BCUT2D eigenvalue weighted by Gasteiger charge is 2.10. The molecule has 3 N–H and O–H groups in total. The molecular weight excluding hydrogens is 328 g/mol. The van der Waals surface area contributed by atoms with Crippen molar-refractivity contribution in [3.8, 4) is 11.4 Å². The first-order valence-electron chi connectivity index (χ1n) is 7.27. The standard InChI is InChI=1S/C17H15ClN4O2/c1-9(23)19-12-5-3-11(4-6-12)17-21-15-7-13(18)14(20-10(2)24)8-16(15)22-17/h3-8H,1-2H3,(H,19,23)(H,20,24)(H,21,22). The lowest BCUT2D eigenvalue weighted by Gasteiger charge is -2.03. The Morgan fingerprint density at radius 2 is 1.71 bits per heavy atom. The third-order valence-electron chi connectivity index (χ3n) is 3.36. The van der Waals surface area contributed by atoms with E-state index >= 15 is 0 Å². The van der Waals surface area contributed by atoms with Crippen molar-refractivity contribution in [3.05, 3.63) is 41.4 Å². The second-order valence-corrected chi connectivity index (χ2v) is 5.78.